The van der Waals surface area contributed by atoms with Crippen LogP contribution in [-0.2, 0) is 14.3 Å². The second-order valence-electron chi connectivity index (χ2n) is 3.46. The third-order valence-corrected chi connectivity index (χ3v) is 2.37. The van der Waals surface area contributed by atoms with Crippen LogP contribution in [-0.4, -0.2) is 30.6 Å². The number of allylic oxidation sites excluding steroid dienone is 3. The van der Waals surface area contributed by atoms with Gasteiger partial charge in [-0.15, -0.1) is 0 Å². The zero-order chi connectivity index (χ0) is 13.0. The summed E-state index contributed by atoms with van der Waals surface area (Å²) in [6, 6.07) is 0. The average molecular weight is 234 g/mol. The summed E-state index contributed by atoms with van der Waals surface area (Å²) in [5.74, 6) is -0.553. The molecule has 1 heterocycles. The number of Topliss-reactive ketones (excluding diaryl/α,β-unsaturated/α-hetero) is 1. The number of hydrogen-bond donors (Lipinski definition) is 0. The minimum absolute atomic E-state index is 0.0832. The number of methoxy groups -OCH3 is 1. The number of ketones is 1. The highest BCUT2D eigenvalue weighted by Gasteiger charge is 2.18. The molecule has 90 valence electrons. The van der Waals surface area contributed by atoms with Crippen LogP contribution in [0.3, 0.4) is 0 Å². The van der Waals surface area contributed by atoms with Crippen molar-refractivity contribution in [2.24, 2.45) is 5.10 Å². The van der Waals surface area contributed by atoms with Gasteiger partial charge in [-0.05, 0) is 26.0 Å². The zero-order valence-corrected chi connectivity index (χ0v) is 10.1. The monoisotopic (exact) mass is 234 g/mol. The Morgan fingerprint density at radius 1 is 1.41 bits per heavy atom. The van der Waals surface area contributed by atoms with Crippen molar-refractivity contribution in [1.82, 2.24) is 5.01 Å². The highest BCUT2D eigenvalue weighted by atomic mass is 16.5. The number of rotatable bonds is 3. The third-order valence-electron chi connectivity index (χ3n) is 2.37. The fraction of sp³-hybridized carbons (Fsp3) is 0.250. The first-order valence-corrected chi connectivity index (χ1v) is 4.97. The molecule has 0 unspecified atom stereocenters. The molecular formula is C12H14N2O3. The van der Waals surface area contributed by atoms with E-state index >= 15 is 0 Å². The largest absolute Gasteiger partial charge is 0.466 e. The summed E-state index contributed by atoms with van der Waals surface area (Å²) in [5, 5.41) is 5.15. The van der Waals surface area contributed by atoms with Crippen molar-refractivity contribution in [2.75, 3.05) is 7.11 Å². The molecule has 0 saturated carbocycles. The van der Waals surface area contributed by atoms with E-state index in [1.165, 1.54) is 19.0 Å². The maximum atomic E-state index is 11.4. The van der Waals surface area contributed by atoms with Gasteiger partial charge in [0, 0.05) is 18.5 Å². The second kappa shape index (κ2) is 5.25. The highest BCUT2D eigenvalue weighted by Crippen LogP contribution is 2.21. The van der Waals surface area contributed by atoms with Gasteiger partial charge in [0.2, 0.25) is 0 Å². The number of nitrogens with zero attached hydrogens (tertiary/aromatic N) is 2. The number of ether oxygens (including phenoxy) is 1. The van der Waals surface area contributed by atoms with Crippen molar-refractivity contribution in [3.05, 3.63) is 35.2 Å². The number of carbonyl (C=O) groups excluding carboxylic acids is 2. The highest BCUT2D eigenvalue weighted by molar-refractivity contribution is 5.97. The first kappa shape index (κ1) is 12.9. The molecule has 1 rings (SSSR count). The smallest absolute Gasteiger partial charge is 0.335 e. The van der Waals surface area contributed by atoms with E-state index in [0.29, 0.717) is 16.8 Å². The maximum absolute atomic E-state index is 11.4. The molecule has 5 heteroatoms. The minimum Gasteiger partial charge on any atom is -0.466 e. The van der Waals surface area contributed by atoms with Crippen molar-refractivity contribution in [3.63, 3.8) is 0 Å². The molecule has 0 saturated heterocycles. The molecule has 0 spiro atoms. The van der Waals surface area contributed by atoms with E-state index in [0.717, 1.165) is 0 Å². The van der Waals surface area contributed by atoms with Gasteiger partial charge in [0.05, 0.1) is 18.4 Å². The van der Waals surface area contributed by atoms with E-state index < -0.39 is 5.97 Å². The number of hydrogen-bond acceptors (Lipinski definition) is 5. The maximum Gasteiger partial charge on any atom is 0.335 e. The van der Waals surface area contributed by atoms with Crippen LogP contribution < -0.4 is 0 Å². The van der Waals surface area contributed by atoms with E-state index in [2.05, 4.69) is 16.6 Å². The van der Waals surface area contributed by atoms with Gasteiger partial charge in [-0.25, -0.2) is 9.80 Å². The van der Waals surface area contributed by atoms with Crippen molar-refractivity contribution < 1.29 is 14.3 Å². The SMILES string of the molecule is C=NN1C=CC(C(C)=O)=C/C1=C(/C)C(=O)OC. The van der Waals surface area contributed by atoms with Gasteiger partial charge >= 0.3 is 5.97 Å². The molecule has 1 aliphatic rings. The minimum atomic E-state index is -0.469. The quantitative estimate of drug-likeness (QED) is 0.420. The topological polar surface area (TPSA) is 59.0 Å². The lowest BCUT2D eigenvalue weighted by Crippen LogP contribution is -2.18. The summed E-state index contributed by atoms with van der Waals surface area (Å²) >= 11 is 0. The molecule has 0 bridgehead atoms. The lowest BCUT2D eigenvalue weighted by atomic mass is 10.1. The van der Waals surface area contributed by atoms with Crippen LogP contribution in [0, 0.1) is 0 Å². The first-order chi connectivity index (χ1) is 8.01. The standard InChI is InChI=1S/C12H14N2O3/c1-8(12(16)17-4)11-7-10(9(2)15)5-6-14(11)13-3/h5-7H,3H2,1-2,4H3/b11-8+. The van der Waals surface area contributed by atoms with Gasteiger partial charge < -0.3 is 4.74 Å². The summed E-state index contributed by atoms with van der Waals surface area (Å²) in [6.07, 6.45) is 4.78. The van der Waals surface area contributed by atoms with Gasteiger partial charge in [-0.2, -0.15) is 5.10 Å². The molecule has 0 aromatic rings. The van der Waals surface area contributed by atoms with Crippen molar-refractivity contribution >= 4 is 18.5 Å². The molecule has 1 aliphatic heterocycles. The molecule has 0 fully saturated rings. The van der Waals surface area contributed by atoms with Crippen molar-refractivity contribution in [3.8, 4) is 0 Å². The van der Waals surface area contributed by atoms with Gasteiger partial charge in [-0.1, -0.05) is 0 Å². The first-order valence-electron chi connectivity index (χ1n) is 4.97. The third kappa shape index (κ3) is 2.69. The van der Waals surface area contributed by atoms with Gasteiger partial charge in [-0.3, -0.25) is 4.79 Å². The molecule has 17 heavy (non-hydrogen) atoms. The zero-order valence-electron chi connectivity index (χ0n) is 10.1. The Bertz CT molecular complexity index is 458. The molecule has 0 N–H and O–H groups in total. The molecule has 0 aliphatic carbocycles. The second-order valence-corrected chi connectivity index (χ2v) is 3.46. The van der Waals surface area contributed by atoms with E-state index in [9.17, 15) is 9.59 Å². The van der Waals surface area contributed by atoms with Crippen LogP contribution >= 0.6 is 0 Å². The van der Waals surface area contributed by atoms with E-state index in [1.54, 1.807) is 25.3 Å². The van der Waals surface area contributed by atoms with E-state index in [-0.39, 0.29) is 5.78 Å². The Hall–Kier alpha value is -2.17. The normalized spacial score (nSPS) is 17.4. The summed E-state index contributed by atoms with van der Waals surface area (Å²) in [5.41, 5.74) is 1.35. The fourth-order valence-corrected chi connectivity index (χ4v) is 1.37. The Balaban J connectivity index is 3.26. The van der Waals surface area contributed by atoms with E-state index in [1.807, 2.05) is 0 Å². The number of hydrazone groups is 1. The number of carbonyl (C=O) groups is 2. The lowest BCUT2D eigenvalue weighted by molar-refractivity contribution is -0.136. The summed E-state index contributed by atoms with van der Waals surface area (Å²) in [7, 11) is 1.30. The van der Waals surface area contributed by atoms with Gasteiger partial charge in [0.15, 0.2) is 5.78 Å². The van der Waals surface area contributed by atoms with Crippen LogP contribution in [0.25, 0.3) is 0 Å². The Morgan fingerprint density at radius 3 is 2.53 bits per heavy atom. The van der Waals surface area contributed by atoms with Crippen LogP contribution in [0.15, 0.2) is 40.3 Å². The molecule has 0 aromatic heterocycles. The Labute approximate surface area is 99.7 Å². The molecule has 5 nitrogen and oxygen atoms in total. The summed E-state index contributed by atoms with van der Waals surface area (Å²) < 4.78 is 4.63. The molecular weight excluding hydrogens is 220 g/mol. The van der Waals surface area contributed by atoms with Crippen LogP contribution in [0.2, 0.25) is 0 Å². The number of esters is 1. The Morgan fingerprint density at radius 2 is 2.06 bits per heavy atom. The van der Waals surface area contributed by atoms with Gasteiger partial charge in [0.25, 0.3) is 0 Å². The molecule has 0 radical (unpaired) electrons. The van der Waals surface area contributed by atoms with Crippen LogP contribution in [0.5, 0.6) is 0 Å². The fourth-order valence-electron chi connectivity index (χ4n) is 1.37. The molecule has 0 atom stereocenters. The summed E-state index contributed by atoms with van der Waals surface area (Å²) in [4.78, 5) is 22.7. The molecule has 0 amide bonds. The molecule has 0 aromatic carbocycles. The van der Waals surface area contributed by atoms with Gasteiger partial charge in [0.1, 0.15) is 0 Å². The van der Waals surface area contributed by atoms with Crippen LogP contribution in [0.4, 0.5) is 0 Å². The average Bonchev–Trinajstić information content (AvgIpc) is 2.35. The predicted octanol–water partition coefficient (Wildman–Crippen LogP) is 1.39. The lowest BCUT2D eigenvalue weighted by Gasteiger charge is -2.21. The summed E-state index contributed by atoms with van der Waals surface area (Å²) in [6.45, 7) is 6.46. The Kier molecular flexibility index (Phi) is 3.98. The van der Waals surface area contributed by atoms with E-state index in [4.69, 9.17) is 0 Å². The van der Waals surface area contributed by atoms with Crippen molar-refractivity contribution in [1.29, 1.82) is 0 Å². The van der Waals surface area contributed by atoms with Crippen molar-refractivity contribution in [2.45, 2.75) is 13.8 Å². The predicted molar refractivity (Wildman–Crippen MR) is 64.0 cm³/mol. The van der Waals surface area contributed by atoms with Crippen LogP contribution in [0.1, 0.15) is 13.8 Å².